The van der Waals surface area contributed by atoms with Crippen LogP contribution in [0.5, 0.6) is 5.75 Å². The lowest BCUT2D eigenvalue weighted by molar-refractivity contribution is 0.307. The molecule has 0 spiro atoms. The van der Waals surface area contributed by atoms with E-state index in [1.165, 1.54) is 5.56 Å². The molecule has 0 amide bonds. The molecule has 3 rings (SSSR count). The van der Waals surface area contributed by atoms with Gasteiger partial charge in [-0.25, -0.2) is 0 Å². The van der Waals surface area contributed by atoms with E-state index in [1.54, 1.807) is 0 Å². The van der Waals surface area contributed by atoms with Gasteiger partial charge in [-0.2, -0.15) is 5.10 Å². The van der Waals surface area contributed by atoms with Crippen molar-refractivity contribution in [3.8, 4) is 17.0 Å². The van der Waals surface area contributed by atoms with E-state index < -0.39 is 0 Å². The van der Waals surface area contributed by atoms with Crippen LogP contribution in [0.4, 0.5) is 0 Å². The maximum absolute atomic E-state index is 5.99. The second kappa shape index (κ2) is 5.83. The van der Waals surface area contributed by atoms with Gasteiger partial charge >= 0.3 is 0 Å². The number of H-pyrrole nitrogens is 1. The van der Waals surface area contributed by atoms with Crippen molar-refractivity contribution >= 4 is 0 Å². The number of aromatic amines is 1. The third kappa shape index (κ3) is 3.14. The highest BCUT2D eigenvalue weighted by Crippen LogP contribution is 2.30. The van der Waals surface area contributed by atoms with Crippen LogP contribution < -0.4 is 4.74 Å². The summed E-state index contributed by atoms with van der Waals surface area (Å²) in [6.45, 7) is 4.63. The third-order valence-electron chi connectivity index (χ3n) is 3.35. The largest absolute Gasteiger partial charge is 0.488 e. The van der Waals surface area contributed by atoms with Crippen molar-refractivity contribution in [3.05, 3.63) is 71.4 Å². The fourth-order valence-corrected chi connectivity index (χ4v) is 2.26. The van der Waals surface area contributed by atoms with Gasteiger partial charge in [0.15, 0.2) is 0 Å². The van der Waals surface area contributed by atoms with E-state index in [0.29, 0.717) is 6.61 Å². The van der Waals surface area contributed by atoms with Crippen molar-refractivity contribution in [2.45, 2.75) is 20.5 Å². The van der Waals surface area contributed by atoms with Crippen molar-refractivity contribution in [1.29, 1.82) is 0 Å². The summed E-state index contributed by atoms with van der Waals surface area (Å²) in [6.07, 6.45) is 0. The Hall–Kier alpha value is -2.55. The Labute approximate surface area is 124 Å². The molecule has 0 saturated heterocycles. The number of nitrogens with one attached hydrogen (secondary N) is 1. The van der Waals surface area contributed by atoms with E-state index in [0.717, 1.165) is 28.3 Å². The Kier molecular flexibility index (Phi) is 3.73. The molecular weight excluding hydrogens is 260 g/mol. The first-order chi connectivity index (χ1) is 10.2. The summed E-state index contributed by atoms with van der Waals surface area (Å²) >= 11 is 0. The minimum absolute atomic E-state index is 0.556. The number of hydrogen-bond donors (Lipinski definition) is 1. The van der Waals surface area contributed by atoms with Crippen molar-refractivity contribution in [2.75, 3.05) is 0 Å². The molecule has 3 nitrogen and oxygen atoms in total. The molecule has 2 aromatic carbocycles. The fraction of sp³-hybridized carbons (Fsp3) is 0.167. The summed E-state index contributed by atoms with van der Waals surface area (Å²) in [6, 6.07) is 18.4. The van der Waals surface area contributed by atoms with E-state index in [2.05, 4.69) is 41.4 Å². The molecule has 0 aliphatic heterocycles. The lowest BCUT2D eigenvalue weighted by Crippen LogP contribution is -1.97. The van der Waals surface area contributed by atoms with Crippen LogP contribution in [0.1, 0.15) is 16.8 Å². The van der Waals surface area contributed by atoms with E-state index in [-0.39, 0.29) is 0 Å². The number of aryl methyl sites for hydroxylation is 2. The summed E-state index contributed by atoms with van der Waals surface area (Å²) in [4.78, 5) is 0. The van der Waals surface area contributed by atoms with Crippen LogP contribution in [0.3, 0.4) is 0 Å². The highest BCUT2D eigenvalue weighted by molar-refractivity contribution is 5.68. The number of ether oxygens (including phenoxy) is 1. The number of rotatable bonds is 4. The highest BCUT2D eigenvalue weighted by Gasteiger charge is 2.10. The van der Waals surface area contributed by atoms with Gasteiger partial charge in [0.25, 0.3) is 0 Å². The van der Waals surface area contributed by atoms with Crippen LogP contribution in [0.25, 0.3) is 11.3 Å². The summed E-state index contributed by atoms with van der Waals surface area (Å²) in [5, 5.41) is 7.32. The van der Waals surface area contributed by atoms with Crippen LogP contribution in [0.2, 0.25) is 0 Å². The van der Waals surface area contributed by atoms with Gasteiger partial charge in [0.1, 0.15) is 12.4 Å². The van der Waals surface area contributed by atoms with Crippen molar-refractivity contribution in [1.82, 2.24) is 10.2 Å². The Morgan fingerprint density at radius 2 is 1.81 bits per heavy atom. The SMILES string of the molecule is Cc1ccc(OCc2ccccc2)c(-c2cc(C)[nH]n2)c1. The molecule has 106 valence electrons. The van der Waals surface area contributed by atoms with E-state index in [1.807, 2.05) is 37.3 Å². The third-order valence-corrected chi connectivity index (χ3v) is 3.35. The second-order valence-electron chi connectivity index (χ2n) is 5.21. The molecule has 1 heterocycles. The summed E-state index contributed by atoms with van der Waals surface area (Å²) < 4.78 is 5.99. The topological polar surface area (TPSA) is 37.9 Å². The Morgan fingerprint density at radius 3 is 2.52 bits per heavy atom. The average Bonchev–Trinajstić information content (AvgIpc) is 2.93. The molecule has 0 aliphatic rings. The zero-order chi connectivity index (χ0) is 14.7. The highest BCUT2D eigenvalue weighted by atomic mass is 16.5. The second-order valence-corrected chi connectivity index (χ2v) is 5.21. The van der Waals surface area contributed by atoms with Gasteiger partial charge in [-0.1, -0.05) is 42.0 Å². The summed E-state index contributed by atoms with van der Waals surface area (Å²) in [5.74, 6) is 0.857. The maximum atomic E-state index is 5.99. The average molecular weight is 278 g/mol. The fourth-order valence-electron chi connectivity index (χ4n) is 2.26. The summed E-state index contributed by atoms with van der Waals surface area (Å²) in [5.41, 5.74) is 5.33. The lowest BCUT2D eigenvalue weighted by Gasteiger charge is -2.11. The van der Waals surface area contributed by atoms with E-state index >= 15 is 0 Å². The Morgan fingerprint density at radius 1 is 1.00 bits per heavy atom. The monoisotopic (exact) mass is 278 g/mol. The lowest BCUT2D eigenvalue weighted by atomic mass is 10.1. The molecule has 0 unspecified atom stereocenters. The van der Waals surface area contributed by atoms with Gasteiger partial charge in [0, 0.05) is 11.3 Å². The molecule has 0 bridgehead atoms. The van der Waals surface area contributed by atoms with Crippen LogP contribution in [-0.2, 0) is 6.61 Å². The number of nitrogens with zero attached hydrogens (tertiary/aromatic N) is 1. The molecule has 1 aromatic heterocycles. The quantitative estimate of drug-likeness (QED) is 0.773. The van der Waals surface area contributed by atoms with Crippen molar-refractivity contribution in [3.63, 3.8) is 0 Å². The van der Waals surface area contributed by atoms with Gasteiger partial charge in [-0.3, -0.25) is 5.10 Å². The standard InChI is InChI=1S/C18H18N2O/c1-13-8-9-18(21-12-15-6-4-3-5-7-15)16(10-13)17-11-14(2)19-20-17/h3-11H,12H2,1-2H3,(H,19,20). The first kappa shape index (κ1) is 13.4. The van der Waals surface area contributed by atoms with Crippen molar-refractivity contribution in [2.24, 2.45) is 0 Å². The molecule has 0 atom stereocenters. The van der Waals surface area contributed by atoms with Gasteiger partial charge in [-0.15, -0.1) is 0 Å². The first-order valence-corrected chi connectivity index (χ1v) is 7.02. The minimum atomic E-state index is 0.556. The van der Waals surface area contributed by atoms with E-state index in [4.69, 9.17) is 4.74 Å². The maximum Gasteiger partial charge on any atom is 0.129 e. The Bertz CT molecular complexity index is 732. The Balaban J connectivity index is 1.88. The van der Waals surface area contributed by atoms with Crippen LogP contribution in [0.15, 0.2) is 54.6 Å². The van der Waals surface area contributed by atoms with Crippen LogP contribution >= 0.6 is 0 Å². The predicted octanol–water partition coefficient (Wildman–Crippen LogP) is 4.27. The van der Waals surface area contributed by atoms with Gasteiger partial charge in [0.05, 0.1) is 5.69 Å². The number of aromatic nitrogens is 2. The molecule has 1 N–H and O–H groups in total. The molecule has 0 radical (unpaired) electrons. The predicted molar refractivity (Wildman–Crippen MR) is 84.3 cm³/mol. The molecular formula is C18H18N2O. The summed E-state index contributed by atoms with van der Waals surface area (Å²) in [7, 11) is 0. The first-order valence-electron chi connectivity index (χ1n) is 7.02. The smallest absolute Gasteiger partial charge is 0.129 e. The van der Waals surface area contributed by atoms with Crippen LogP contribution in [0, 0.1) is 13.8 Å². The minimum Gasteiger partial charge on any atom is -0.488 e. The molecule has 3 heteroatoms. The molecule has 21 heavy (non-hydrogen) atoms. The van der Waals surface area contributed by atoms with Gasteiger partial charge in [0.2, 0.25) is 0 Å². The van der Waals surface area contributed by atoms with Crippen molar-refractivity contribution < 1.29 is 4.74 Å². The van der Waals surface area contributed by atoms with E-state index in [9.17, 15) is 0 Å². The molecule has 0 aliphatic carbocycles. The zero-order valence-electron chi connectivity index (χ0n) is 12.3. The van der Waals surface area contributed by atoms with Gasteiger partial charge < -0.3 is 4.74 Å². The van der Waals surface area contributed by atoms with Gasteiger partial charge in [-0.05, 0) is 37.6 Å². The molecule has 0 saturated carbocycles. The zero-order valence-corrected chi connectivity index (χ0v) is 12.3. The number of benzene rings is 2. The molecule has 3 aromatic rings. The molecule has 0 fully saturated rings. The number of hydrogen-bond acceptors (Lipinski definition) is 2. The normalized spacial score (nSPS) is 10.6. The van der Waals surface area contributed by atoms with Crippen LogP contribution in [-0.4, -0.2) is 10.2 Å².